The molecule has 3 N–H and O–H groups in total. The van der Waals surface area contributed by atoms with Crippen molar-refractivity contribution in [1.29, 1.82) is 0 Å². The summed E-state index contributed by atoms with van der Waals surface area (Å²) in [4.78, 5) is 48.0. The fraction of sp³-hybridized carbons (Fsp3) is 0.455. The molecule has 1 aromatic carbocycles. The number of piperidine rings is 1. The number of aromatic amines is 1. The van der Waals surface area contributed by atoms with Crippen molar-refractivity contribution in [3.8, 4) is 5.75 Å². The van der Waals surface area contributed by atoms with Gasteiger partial charge in [-0.25, -0.2) is 0 Å². The summed E-state index contributed by atoms with van der Waals surface area (Å²) >= 11 is 6.05. The predicted molar refractivity (Wildman–Crippen MR) is 123 cm³/mol. The summed E-state index contributed by atoms with van der Waals surface area (Å²) in [5.74, 6) is -0.884. The Bertz CT molecular complexity index is 1100. The van der Waals surface area contributed by atoms with Crippen molar-refractivity contribution < 1.29 is 14.3 Å². The number of fused-ring (bicyclic) bond motifs is 1. The molecule has 170 valence electrons. The van der Waals surface area contributed by atoms with Crippen LogP contribution in [0.5, 0.6) is 5.75 Å². The first kappa shape index (κ1) is 22.1. The highest BCUT2D eigenvalue weighted by molar-refractivity contribution is 6.31. The third-order valence-corrected chi connectivity index (χ3v) is 6.28. The van der Waals surface area contributed by atoms with E-state index in [1.807, 2.05) is 0 Å². The quantitative estimate of drug-likeness (QED) is 0.631. The first-order chi connectivity index (χ1) is 15.4. The molecule has 0 saturated carbocycles. The van der Waals surface area contributed by atoms with E-state index in [-0.39, 0.29) is 29.8 Å². The fourth-order valence-electron chi connectivity index (χ4n) is 4.42. The van der Waals surface area contributed by atoms with Crippen LogP contribution in [-0.4, -0.2) is 41.5 Å². The molecule has 0 spiro atoms. The fourth-order valence-corrected chi connectivity index (χ4v) is 4.59. The summed E-state index contributed by atoms with van der Waals surface area (Å²) in [7, 11) is 1.47. The number of carbonyl (C=O) groups excluding carboxylic acids is 2. The molecule has 2 amide bonds. The monoisotopic (exact) mass is 459 g/mol. The number of rotatable bonds is 5. The third-order valence-electron chi connectivity index (χ3n) is 6.04. The van der Waals surface area contributed by atoms with Crippen molar-refractivity contribution in [2.45, 2.75) is 51.0 Å². The average molecular weight is 460 g/mol. The number of carbonyl (C=O) groups is 2. The topological polar surface area (TPSA) is 116 Å². The molecule has 32 heavy (non-hydrogen) atoms. The van der Waals surface area contributed by atoms with Gasteiger partial charge in [-0.2, -0.15) is 4.98 Å². The Morgan fingerprint density at radius 2 is 2.16 bits per heavy atom. The number of ether oxygens (including phenoxy) is 1. The molecular formula is C22H26ClN5O4. The number of amides is 2. The van der Waals surface area contributed by atoms with Crippen LogP contribution < -0.4 is 25.8 Å². The lowest BCUT2D eigenvalue weighted by Gasteiger charge is -2.36. The van der Waals surface area contributed by atoms with Gasteiger partial charge in [0.25, 0.3) is 5.56 Å². The SMILES string of the molecule is CCC1CCCCN1c1nc2c(c(=O)[nH]1)C(C(=O)Nc1cc(Cl)ccc1OC)CC(=O)N2. The average Bonchev–Trinajstić information content (AvgIpc) is 2.78. The maximum Gasteiger partial charge on any atom is 0.258 e. The summed E-state index contributed by atoms with van der Waals surface area (Å²) in [6, 6.07) is 5.09. The molecule has 0 bridgehead atoms. The lowest BCUT2D eigenvalue weighted by Crippen LogP contribution is -2.43. The zero-order valence-electron chi connectivity index (χ0n) is 18.0. The Morgan fingerprint density at radius 3 is 2.91 bits per heavy atom. The summed E-state index contributed by atoms with van der Waals surface area (Å²) in [5.41, 5.74) is 0.0817. The van der Waals surface area contributed by atoms with E-state index < -0.39 is 17.4 Å². The molecule has 2 atom stereocenters. The number of benzene rings is 1. The van der Waals surface area contributed by atoms with Gasteiger partial charge in [-0.1, -0.05) is 18.5 Å². The van der Waals surface area contributed by atoms with Gasteiger partial charge in [0.15, 0.2) is 0 Å². The number of methoxy groups -OCH3 is 1. The molecule has 10 heteroatoms. The summed E-state index contributed by atoms with van der Waals surface area (Å²) in [6.07, 6.45) is 3.94. The second kappa shape index (κ2) is 9.20. The van der Waals surface area contributed by atoms with E-state index in [1.54, 1.807) is 18.2 Å². The van der Waals surface area contributed by atoms with Gasteiger partial charge in [-0.05, 0) is 43.9 Å². The van der Waals surface area contributed by atoms with Gasteiger partial charge in [0.1, 0.15) is 11.6 Å². The predicted octanol–water partition coefficient (Wildman–Crippen LogP) is 3.27. The van der Waals surface area contributed by atoms with Gasteiger partial charge < -0.3 is 20.3 Å². The minimum atomic E-state index is -0.990. The molecule has 2 aliphatic rings. The van der Waals surface area contributed by atoms with Crippen molar-refractivity contribution in [2.75, 3.05) is 29.2 Å². The number of aromatic nitrogens is 2. The second-order valence-electron chi connectivity index (χ2n) is 8.04. The van der Waals surface area contributed by atoms with Crippen molar-refractivity contribution in [3.05, 3.63) is 39.1 Å². The Labute approximate surface area is 190 Å². The Kier molecular flexibility index (Phi) is 6.36. The number of nitrogens with zero attached hydrogens (tertiary/aromatic N) is 2. The van der Waals surface area contributed by atoms with Gasteiger partial charge >= 0.3 is 0 Å². The van der Waals surface area contributed by atoms with Crippen molar-refractivity contribution in [2.24, 2.45) is 0 Å². The van der Waals surface area contributed by atoms with Crippen LogP contribution in [0.25, 0.3) is 0 Å². The van der Waals surface area contributed by atoms with E-state index in [9.17, 15) is 14.4 Å². The van der Waals surface area contributed by atoms with Gasteiger partial charge in [0.05, 0.1) is 24.3 Å². The first-order valence-electron chi connectivity index (χ1n) is 10.8. The van der Waals surface area contributed by atoms with E-state index in [0.717, 1.165) is 32.2 Å². The molecule has 3 heterocycles. The van der Waals surface area contributed by atoms with E-state index in [0.29, 0.717) is 22.4 Å². The van der Waals surface area contributed by atoms with Crippen LogP contribution in [0, 0.1) is 0 Å². The zero-order chi connectivity index (χ0) is 22.8. The van der Waals surface area contributed by atoms with Crippen LogP contribution in [0.1, 0.15) is 50.5 Å². The van der Waals surface area contributed by atoms with Crippen LogP contribution >= 0.6 is 11.6 Å². The molecule has 0 aliphatic carbocycles. The van der Waals surface area contributed by atoms with Crippen molar-refractivity contribution in [1.82, 2.24) is 9.97 Å². The van der Waals surface area contributed by atoms with E-state index >= 15 is 0 Å². The lowest BCUT2D eigenvalue weighted by atomic mass is 9.92. The maximum atomic E-state index is 13.1. The standard InChI is InChI=1S/C22H26ClN5O4/c1-3-13-6-4-5-9-28(13)22-26-19-18(21(31)27-22)14(11-17(29)25-19)20(30)24-15-10-12(23)7-8-16(15)32-2/h7-8,10,13-14H,3-6,9,11H2,1-2H3,(H,24,30)(H2,25,26,27,29,31). The number of hydrogen-bond acceptors (Lipinski definition) is 6. The maximum absolute atomic E-state index is 13.1. The molecule has 1 aromatic heterocycles. The first-order valence-corrected chi connectivity index (χ1v) is 11.1. The molecule has 0 radical (unpaired) electrons. The molecule has 2 aromatic rings. The number of halogens is 1. The molecule has 1 saturated heterocycles. The highest BCUT2D eigenvalue weighted by Gasteiger charge is 2.36. The van der Waals surface area contributed by atoms with Crippen molar-refractivity contribution in [3.63, 3.8) is 0 Å². The zero-order valence-corrected chi connectivity index (χ0v) is 18.8. The molecule has 1 fully saturated rings. The van der Waals surface area contributed by atoms with Gasteiger partial charge in [0, 0.05) is 24.0 Å². The number of anilines is 3. The molecule has 9 nitrogen and oxygen atoms in total. The van der Waals surface area contributed by atoms with Gasteiger partial charge in [-0.3, -0.25) is 19.4 Å². The number of hydrogen-bond donors (Lipinski definition) is 3. The van der Waals surface area contributed by atoms with E-state index in [1.165, 1.54) is 7.11 Å². The van der Waals surface area contributed by atoms with Gasteiger partial charge in [0.2, 0.25) is 17.8 Å². The summed E-state index contributed by atoms with van der Waals surface area (Å²) in [6.45, 7) is 2.89. The van der Waals surface area contributed by atoms with Crippen molar-refractivity contribution >= 4 is 40.9 Å². The molecule has 2 aliphatic heterocycles. The number of H-pyrrole nitrogens is 1. The normalized spacial score (nSPS) is 20.3. The molecular weight excluding hydrogens is 434 g/mol. The minimum Gasteiger partial charge on any atom is -0.495 e. The van der Waals surface area contributed by atoms with Crippen LogP contribution in [0.2, 0.25) is 5.02 Å². The smallest absolute Gasteiger partial charge is 0.258 e. The molecule has 2 unspecified atom stereocenters. The Balaban J connectivity index is 1.67. The van der Waals surface area contributed by atoms with Crippen LogP contribution in [0.15, 0.2) is 23.0 Å². The van der Waals surface area contributed by atoms with E-state index in [2.05, 4.69) is 32.4 Å². The Morgan fingerprint density at radius 1 is 1.34 bits per heavy atom. The Hall–Kier alpha value is -3.07. The lowest BCUT2D eigenvalue weighted by molar-refractivity contribution is -0.123. The van der Waals surface area contributed by atoms with E-state index in [4.69, 9.17) is 16.3 Å². The highest BCUT2D eigenvalue weighted by Crippen LogP contribution is 2.33. The largest absolute Gasteiger partial charge is 0.495 e. The van der Waals surface area contributed by atoms with Crippen LogP contribution in [-0.2, 0) is 9.59 Å². The van der Waals surface area contributed by atoms with Crippen LogP contribution in [0.3, 0.4) is 0 Å². The minimum absolute atomic E-state index is 0.138. The second-order valence-corrected chi connectivity index (χ2v) is 8.48. The third kappa shape index (κ3) is 4.29. The van der Waals surface area contributed by atoms with Crippen LogP contribution in [0.4, 0.5) is 17.5 Å². The highest BCUT2D eigenvalue weighted by atomic mass is 35.5. The summed E-state index contributed by atoms with van der Waals surface area (Å²) < 4.78 is 5.27. The molecule has 4 rings (SSSR count). The van der Waals surface area contributed by atoms with Gasteiger partial charge in [-0.15, -0.1) is 0 Å². The number of nitrogens with one attached hydrogen (secondary N) is 3. The summed E-state index contributed by atoms with van der Waals surface area (Å²) in [5, 5.41) is 5.82.